The number of hydrogen-bond acceptors (Lipinski definition) is 3. The lowest BCUT2D eigenvalue weighted by Gasteiger charge is -2.13. The Morgan fingerprint density at radius 2 is 2.16 bits per heavy atom. The summed E-state index contributed by atoms with van der Waals surface area (Å²) in [6, 6.07) is 6.28. The molecule has 0 spiro atoms. The number of benzene rings is 1. The number of aliphatic hydroxyl groups excluding tert-OH is 1. The summed E-state index contributed by atoms with van der Waals surface area (Å²) in [4.78, 5) is 13.0. The van der Waals surface area contributed by atoms with Gasteiger partial charge in [-0.25, -0.2) is 0 Å². The van der Waals surface area contributed by atoms with Gasteiger partial charge in [-0.05, 0) is 38.3 Å². The predicted molar refractivity (Wildman–Crippen MR) is 78.4 cm³/mol. The van der Waals surface area contributed by atoms with Crippen LogP contribution >= 0.6 is 11.8 Å². The molecular weight excluding hydrogens is 258 g/mol. The molecule has 4 heteroatoms. The summed E-state index contributed by atoms with van der Waals surface area (Å²) in [6.07, 6.45) is 2.04. The Balaban J connectivity index is 1.78. The summed E-state index contributed by atoms with van der Waals surface area (Å²) in [5, 5.41) is 12.1. The smallest absolute Gasteiger partial charge is 0.230 e. The fourth-order valence-corrected chi connectivity index (χ4v) is 2.86. The second-order valence-corrected chi connectivity index (χ2v) is 6.51. The molecule has 3 nitrogen and oxygen atoms in total. The first-order valence-electron chi connectivity index (χ1n) is 6.62. The molecule has 1 aliphatic rings. The van der Waals surface area contributed by atoms with Crippen molar-refractivity contribution in [3.63, 3.8) is 0 Å². The van der Waals surface area contributed by atoms with Gasteiger partial charge in [0.2, 0.25) is 5.91 Å². The second-order valence-electron chi connectivity index (χ2n) is 5.49. The highest BCUT2D eigenvalue weighted by atomic mass is 32.2. The molecule has 0 radical (unpaired) electrons. The number of aryl methyl sites for hydroxylation is 2. The summed E-state index contributed by atoms with van der Waals surface area (Å²) in [5.41, 5.74) is 2.41. The van der Waals surface area contributed by atoms with Gasteiger partial charge in [0.05, 0.1) is 12.4 Å². The highest BCUT2D eigenvalue weighted by Crippen LogP contribution is 2.44. The summed E-state index contributed by atoms with van der Waals surface area (Å²) in [6.45, 7) is 4.90. The normalized spacial score (nSPS) is 16.2. The van der Waals surface area contributed by atoms with E-state index in [0.29, 0.717) is 12.3 Å². The summed E-state index contributed by atoms with van der Waals surface area (Å²) < 4.78 is 0. The molecule has 0 unspecified atom stereocenters. The minimum Gasteiger partial charge on any atom is -0.396 e. The Morgan fingerprint density at radius 1 is 1.42 bits per heavy atom. The maximum absolute atomic E-state index is 11.8. The topological polar surface area (TPSA) is 49.3 Å². The standard InChI is InChI=1S/C15H21NO2S/c1-11-3-4-12(2)13(7-11)19-8-14(18)16-9-15(10-17)5-6-15/h3-4,7,17H,5-6,8-10H2,1-2H3,(H,16,18). The molecule has 19 heavy (non-hydrogen) atoms. The van der Waals surface area contributed by atoms with Crippen LogP contribution in [0.25, 0.3) is 0 Å². The van der Waals surface area contributed by atoms with Crippen LogP contribution in [0.1, 0.15) is 24.0 Å². The van der Waals surface area contributed by atoms with Gasteiger partial charge < -0.3 is 10.4 Å². The van der Waals surface area contributed by atoms with Crippen molar-refractivity contribution in [3.8, 4) is 0 Å². The van der Waals surface area contributed by atoms with E-state index < -0.39 is 0 Å². The van der Waals surface area contributed by atoms with E-state index in [4.69, 9.17) is 0 Å². The number of amides is 1. The predicted octanol–water partition coefficient (Wildman–Crippen LogP) is 2.28. The van der Waals surface area contributed by atoms with Gasteiger partial charge in [0.25, 0.3) is 0 Å². The van der Waals surface area contributed by atoms with E-state index in [1.807, 2.05) is 0 Å². The average Bonchev–Trinajstić information content (AvgIpc) is 3.18. The Bertz CT molecular complexity index is 469. The SMILES string of the molecule is Cc1ccc(C)c(SCC(=O)NCC2(CO)CC2)c1. The van der Waals surface area contributed by atoms with E-state index in [1.165, 1.54) is 16.0 Å². The molecule has 0 aliphatic heterocycles. The van der Waals surface area contributed by atoms with E-state index in [2.05, 4.69) is 37.4 Å². The Kier molecular flexibility index (Phi) is 4.53. The average molecular weight is 279 g/mol. The van der Waals surface area contributed by atoms with Crippen molar-refractivity contribution < 1.29 is 9.90 Å². The molecule has 1 amide bonds. The molecule has 1 aromatic rings. The van der Waals surface area contributed by atoms with Gasteiger partial charge in [-0.1, -0.05) is 17.7 Å². The minimum absolute atomic E-state index is 0.0143. The lowest BCUT2D eigenvalue weighted by atomic mass is 10.1. The van der Waals surface area contributed by atoms with Gasteiger partial charge in [-0.2, -0.15) is 0 Å². The van der Waals surface area contributed by atoms with Gasteiger partial charge in [-0.15, -0.1) is 11.8 Å². The van der Waals surface area contributed by atoms with Gasteiger partial charge >= 0.3 is 0 Å². The van der Waals surface area contributed by atoms with Crippen LogP contribution in [0.3, 0.4) is 0 Å². The van der Waals surface area contributed by atoms with Crippen LogP contribution in [0.2, 0.25) is 0 Å². The minimum atomic E-state index is -0.0143. The van der Waals surface area contributed by atoms with E-state index in [0.717, 1.165) is 12.8 Å². The molecule has 0 saturated heterocycles. The number of carbonyl (C=O) groups is 1. The van der Waals surface area contributed by atoms with Crippen molar-refractivity contribution in [1.29, 1.82) is 0 Å². The van der Waals surface area contributed by atoms with Crippen molar-refractivity contribution in [1.82, 2.24) is 5.32 Å². The van der Waals surface area contributed by atoms with Gasteiger partial charge in [0, 0.05) is 16.9 Å². The molecule has 2 rings (SSSR count). The van der Waals surface area contributed by atoms with E-state index in [-0.39, 0.29) is 17.9 Å². The third-order valence-electron chi connectivity index (χ3n) is 3.66. The number of carbonyl (C=O) groups excluding carboxylic acids is 1. The highest BCUT2D eigenvalue weighted by Gasteiger charge is 2.41. The number of nitrogens with one attached hydrogen (secondary N) is 1. The molecule has 2 N–H and O–H groups in total. The number of aliphatic hydroxyl groups is 1. The quantitative estimate of drug-likeness (QED) is 0.786. The van der Waals surface area contributed by atoms with Crippen LogP contribution in [-0.2, 0) is 4.79 Å². The molecule has 1 aliphatic carbocycles. The molecule has 1 fully saturated rings. The Hall–Kier alpha value is -1.00. The van der Waals surface area contributed by atoms with Crippen LogP contribution in [0.4, 0.5) is 0 Å². The van der Waals surface area contributed by atoms with Crippen molar-refractivity contribution in [3.05, 3.63) is 29.3 Å². The van der Waals surface area contributed by atoms with Crippen molar-refractivity contribution in [2.24, 2.45) is 5.41 Å². The summed E-state index contributed by atoms with van der Waals surface area (Å²) in [5.74, 6) is 0.483. The van der Waals surface area contributed by atoms with Crippen LogP contribution in [0.5, 0.6) is 0 Å². The van der Waals surface area contributed by atoms with Crippen molar-refractivity contribution in [2.75, 3.05) is 18.9 Å². The van der Waals surface area contributed by atoms with E-state index in [1.54, 1.807) is 11.8 Å². The van der Waals surface area contributed by atoms with Crippen molar-refractivity contribution in [2.45, 2.75) is 31.6 Å². The van der Waals surface area contributed by atoms with Crippen molar-refractivity contribution >= 4 is 17.7 Å². The fourth-order valence-electron chi connectivity index (χ4n) is 1.91. The highest BCUT2D eigenvalue weighted by molar-refractivity contribution is 8.00. The Labute approximate surface area is 118 Å². The number of hydrogen-bond donors (Lipinski definition) is 2. The zero-order chi connectivity index (χ0) is 13.9. The largest absolute Gasteiger partial charge is 0.396 e. The molecular formula is C15H21NO2S. The van der Waals surface area contributed by atoms with Gasteiger partial charge in [0.1, 0.15) is 0 Å². The third-order valence-corrected chi connectivity index (χ3v) is 4.81. The molecule has 0 aromatic heterocycles. The lowest BCUT2D eigenvalue weighted by Crippen LogP contribution is -2.32. The molecule has 0 bridgehead atoms. The van der Waals surface area contributed by atoms with Gasteiger partial charge in [-0.3, -0.25) is 4.79 Å². The summed E-state index contributed by atoms with van der Waals surface area (Å²) in [7, 11) is 0. The van der Waals surface area contributed by atoms with Gasteiger partial charge in [0.15, 0.2) is 0 Å². The van der Waals surface area contributed by atoms with Crippen LogP contribution in [-0.4, -0.2) is 29.9 Å². The third kappa shape index (κ3) is 3.98. The summed E-state index contributed by atoms with van der Waals surface area (Å²) >= 11 is 1.57. The zero-order valence-electron chi connectivity index (χ0n) is 11.5. The first-order chi connectivity index (χ1) is 9.04. The molecule has 104 valence electrons. The van der Waals surface area contributed by atoms with Crippen LogP contribution in [0.15, 0.2) is 23.1 Å². The maximum Gasteiger partial charge on any atom is 0.230 e. The first kappa shape index (κ1) is 14.4. The zero-order valence-corrected chi connectivity index (χ0v) is 12.3. The fraction of sp³-hybridized carbons (Fsp3) is 0.533. The first-order valence-corrected chi connectivity index (χ1v) is 7.61. The Morgan fingerprint density at radius 3 is 2.79 bits per heavy atom. The second kappa shape index (κ2) is 5.97. The molecule has 0 heterocycles. The molecule has 1 aromatic carbocycles. The monoisotopic (exact) mass is 279 g/mol. The number of thioether (sulfide) groups is 1. The van der Waals surface area contributed by atoms with E-state index >= 15 is 0 Å². The number of rotatable bonds is 6. The lowest BCUT2D eigenvalue weighted by molar-refractivity contribution is -0.118. The molecule has 1 saturated carbocycles. The van der Waals surface area contributed by atoms with Crippen LogP contribution in [0, 0.1) is 19.3 Å². The maximum atomic E-state index is 11.8. The van der Waals surface area contributed by atoms with Crippen LogP contribution < -0.4 is 5.32 Å². The molecule has 0 atom stereocenters. The van der Waals surface area contributed by atoms with E-state index in [9.17, 15) is 9.90 Å².